The molecule has 5 nitrogen and oxygen atoms in total. The molecule has 0 spiro atoms. The Labute approximate surface area is 105 Å². The molecule has 0 aliphatic heterocycles. The van der Waals surface area contributed by atoms with Crippen LogP contribution in [0.2, 0.25) is 0 Å². The highest BCUT2D eigenvalue weighted by Crippen LogP contribution is 2.13. The first-order valence-corrected chi connectivity index (χ1v) is 5.74. The van der Waals surface area contributed by atoms with Crippen molar-refractivity contribution in [1.82, 2.24) is 10.1 Å². The molecule has 0 aliphatic rings. The zero-order valence-electron chi connectivity index (χ0n) is 10.3. The van der Waals surface area contributed by atoms with Gasteiger partial charge in [0.15, 0.2) is 12.4 Å². The molecular formula is C13H14N2O3. The van der Waals surface area contributed by atoms with E-state index in [0.29, 0.717) is 29.4 Å². The quantitative estimate of drug-likeness (QED) is 0.758. The van der Waals surface area contributed by atoms with E-state index in [-0.39, 0.29) is 12.4 Å². The first kappa shape index (κ1) is 12.3. The van der Waals surface area contributed by atoms with Gasteiger partial charge in [-0.15, -0.1) is 0 Å². The molecule has 0 fully saturated rings. The topological polar surface area (TPSA) is 65.2 Å². The Morgan fingerprint density at radius 2 is 2.06 bits per heavy atom. The minimum Gasteiger partial charge on any atom is -0.485 e. The number of aromatic nitrogens is 2. The van der Waals surface area contributed by atoms with Crippen LogP contribution in [0, 0.1) is 0 Å². The zero-order valence-corrected chi connectivity index (χ0v) is 10.3. The molecule has 0 bridgehead atoms. The van der Waals surface area contributed by atoms with Crippen LogP contribution in [0.3, 0.4) is 0 Å². The first-order valence-electron chi connectivity index (χ1n) is 5.74. The van der Waals surface area contributed by atoms with Gasteiger partial charge in [-0.3, -0.25) is 4.79 Å². The van der Waals surface area contributed by atoms with E-state index in [0.717, 1.165) is 0 Å². The van der Waals surface area contributed by atoms with Crippen LogP contribution in [-0.4, -0.2) is 15.9 Å². The number of hydrogen-bond acceptors (Lipinski definition) is 5. The predicted octanol–water partition coefficient (Wildman–Crippen LogP) is 2.41. The third-order valence-corrected chi connectivity index (χ3v) is 2.44. The van der Waals surface area contributed by atoms with Crippen molar-refractivity contribution < 1.29 is 14.1 Å². The number of benzene rings is 1. The average molecular weight is 246 g/mol. The highest BCUT2D eigenvalue weighted by atomic mass is 16.5. The fraction of sp³-hybridized carbons (Fsp3) is 0.308. The second-order valence-corrected chi connectivity index (χ2v) is 3.83. The number of hydrogen-bond donors (Lipinski definition) is 0. The molecule has 2 rings (SSSR count). The maximum atomic E-state index is 11.1. The summed E-state index contributed by atoms with van der Waals surface area (Å²) in [5, 5.41) is 3.78. The summed E-state index contributed by atoms with van der Waals surface area (Å²) in [6, 6.07) is 6.95. The largest absolute Gasteiger partial charge is 0.485 e. The number of aryl methyl sites for hydroxylation is 1. The molecule has 0 atom stereocenters. The van der Waals surface area contributed by atoms with Gasteiger partial charge in [0, 0.05) is 12.0 Å². The van der Waals surface area contributed by atoms with E-state index in [2.05, 4.69) is 10.1 Å². The average Bonchev–Trinajstić information content (AvgIpc) is 2.85. The molecule has 0 aliphatic carbocycles. The molecule has 0 saturated carbocycles. The van der Waals surface area contributed by atoms with Crippen LogP contribution in [0.5, 0.6) is 5.75 Å². The number of rotatable bonds is 5. The summed E-state index contributed by atoms with van der Waals surface area (Å²) in [6.07, 6.45) is 0.709. The standard InChI is InChI=1S/C13H14N2O3/c1-3-13-14-12(15-18-13)8-17-11-6-4-10(5-7-11)9(2)16/h4-7H,3,8H2,1-2H3. The third kappa shape index (κ3) is 2.94. The molecule has 1 aromatic carbocycles. The summed E-state index contributed by atoms with van der Waals surface area (Å²) < 4.78 is 10.5. The molecular weight excluding hydrogens is 232 g/mol. The van der Waals surface area contributed by atoms with Gasteiger partial charge >= 0.3 is 0 Å². The Hall–Kier alpha value is -2.17. The summed E-state index contributed by atoms with van der Waals surface area (Å²) in [4.78, 5) is 15.2. The number of nitrogens with zero attached hydrogens (tertiary/aromatic N) is 2. The van der Waals surface area contributed by atoms with Gasteiger partial charge in [0.25, 0.3) is 0 Å². The molecule has 0 saturated heterocycles. The Morgan fingerprint density at radius 3 is 2.61 bits per heavy atom. The number of carbonyl (C=O) groups excluding carboxylic acids is 1. The van der Waals surface area contributed by atoms with Crippen molar-refractivity contribution in [2.24, 2.45) is 0 Å². The Bertz CT molecular complexity index is 531. The molecule has 5 heteroatoms. The summed E-state index contributed by atoms with van der Waals surface area (Å²) in [7, 11) is 0. The Kier molecular flexibility index (Phi) is 3.72. The minimum absolute atomic E-state index is 0.0345. The lowest BCUT2D eigenvalue weighted by atomic mass is 10.1. The van der Waals surface area contributed by atoms with Crippen molar-refractivity contribution in [3.05, 3.63) is 41.5 Å². The van der Waals surface area contributed by atoms with Crippen LogP contribution in [0.1, 0.15) is 35.9 Å². The maximum absolute atomic E-state index is 11.1. The second kappa shape index (κ2) is 5.44. The van der Waals surface area contributed by atoms with E-state index in [1.807, 2.05) is 6.92 Å². The lowest BCUT2D eigenvalue weighted by molar-refractivity contribution is 0.101. The van der Waals surface area contributed by atoms with Gasteiger partial charge in [0.2, 0.25) is 11.7 Å². The third-order valence-electron chi connectivity index (χ3n) is 2.44. The van der Waals surface area contributed by atoms with Gasteiger partial charge in [0.1, 0.15) is 5.75 Å². The molecule has 94 valence electrons. The summed E-state index contributed by atoms with van der Waals surface area (Å²) in [5.41, 5.74) is 0.662. The SMILES string of the molecule is CCc1nc(COc2ccc(C(C)=O)cc2)no1. The lowest BCUT2D eigenvalue weighted by Crippen LogP contribution is -1.98. The summed E-state index contributed by atoms with van der Waals surface area (Å²) in [6.45, 7) is 3.73. The van der Waals surface area contributed by atoms with E-state index in [1.165, 1.54) is 6.92 Å². The first-order chi connectivity index (χ1) is 8.69. The van der Waals surface area contributed by atoms with Crippen LogP contribution in [-0.2, 0) is 13.0 Å². The summed E-state index contributed by atoms with van der Waals surface area (Å²) in [5.74, 6) is 1.82. The predicted molar refractivity (Wildman–Crippen MR) is 64.5 cm³/mol. The van der Waals surface area contributed by atoms with E-state index in [9.17, 15) is 4.79 Å². The van der Waals surface area contributed by atoms with Crippen molar-refractivity contribution >= 4 is 5.78 Å². The fourth-order valence-electron chi connectivity index (χ4n) is 1.43. The van der Waals surface area contributed by atoms with Gasteiger partial charge < -0.3 is 9.26 Å². The van der Waals surface area contributed by atoms with Gasteiger partial charge in [-0.25, -0.2) is 0 Å². The molecule has 1 heterocycles. The highest BCUT2D eigenvalue weighted by Gasteiger charge is 2.05. The normalized spacial score (nSPS) is 10.3. The van der Waals surface area contributed by atoms with Crippen molar-refractivity contribution in [2.75, 3.05) is 0 Å². The van der Waals surface area contributed by atoms with Crippen LogP contribution < -0.4 is 4.74 Å². The molecule has 0 radical (unpaired) electrons. The fourth-order valence-corrected chi connectivity index (χ4v) is 1.43. The molecule has 2 aromatic rings. The minimum atomic E-state index is 0.0345. The second-order valence-electron chi connectivity index (χ2n) is 3.83. The summed E-state index contributed by atoms with van der Waals surface area (Å²) >= 11 is 0. The van der Waals surface area contributed by atoms with Crippen molar-refractivity contribution in [3.8, 4) is 5.75 Å². The molecule has 1 aromatic heterocycles. The highest BCUT2D eigenvalue weighted by molar-refractivity contribution is 5.94. The van der Waals surface area contributed by atoms with Gasteiger partial charge in [-0.1, -0.05) is 12.1 Å². The van der Waals surface area contributed by atoms with Crippen LogP contribution in [0.25, 0.3) is 0 Å². The number of ether oxygens (including phenoxy) is 1. The Balaban J connectivity index is 1.95. The monoisotopic (exact) mass is 246 g/mol. The smallest absolute Gasteiger partial charge is 0.226 e. The number of Topliss-reactive ketones (excluding diaryl/α,β-unsaturated/α-hetero) is 1. The molecule has 0 amide bonds. The Morgan fingerprint density at radius 1 is 1.33 bits per heavy atom. The van der Waals surface area contributed by atoms with E-state index in [1.54, 1.807) is 24.3 Å². The molecule has 0 unspecified atom stereocenters. The van der Waals surface area contributed by atoms with E-state index < -0.39 is 0 Å². The zero-order chi connectivity index (χ0) is 13.0. The van der Waals surface area contributed by atoms with E-state index in [4.69, 9.17) is 9.26 Å². The van der Waals surface area contributed by atoms with Crippen LogP contribution in [0.4, 0.5) is 0 Å². The van der Waals surface area contributed by atoms with Crippen molar-refractivity contribution in [3.63, 3.8) is 0 Å². The number of ketones is 1. The van der Waals surface area contributed by atoms with Gasteiger partial charge in [0.05, 0.1) is 0 Å². The van der Waals surface area contributed by atoms with Crippen LogP contribution in [0.15, 0.2) is 28.8 Å². The lowest BCUT2D eigenvalue weighted by Gasteiger charge is -2.03. The van der Waals surface area contributed by atoms with Gasteiger partial charge in [-0.2, -0.15) is 4.98 Å². The van der Waals surface area contributed by atoms with Gasteiger partial charge in [-0.05, 0) is 31.2 Å². The number of carbonyl (C=O) groups is 1. The molecule has 0 N–H and O–H groups in total. The molecule has 18 heavy (non-hydrogen) atoms. The van der Waals surface area contributed by atoms with E-state index >= 15 is 0 Å². The van der Waals surface area contributed by atoms with Crippen molar-refractivity contribution in [1.29, 1.82) is 0 Å². The maximum Gasteiger partial charge on any atom is 0.226 e. The van der Waals surface area contributed by atoms with Crippen molar-refractivity contribution in [2.45, 2.75) is 26.9 Å². The van der Waals surface area contributed by atoms with Crippen LogP contribution >= 0.6 is 0 Å².